The molecule has 3 nitrogen and oxygen atoms in total. The summed E-state index contributed by atoms with van der Waals surface area (Å²) in [5.74, 6) is 1.83. The molecule has 0 amide bonds. The molecular weight excluding hydrogens is 248 g/mol. The summed E-state index contributed by atoms with van der Waals surface area (Å²) in [5, 5.41) is 0. The van der Waals surface area contributed by atoms with E-state index in [0.717, 1.165) is 23.8 Å². The quantitative estimate of drug-likeness (QED) is 0.897. The molecule has 3 heteroatoms. The van der Waals surface area contributed by atoms with Gasteiger partial charge in [0, 0.05) is 18.7 Å². The van der Waals surface area contributed by atoms with Crippen LogP contribution in [0.3, 0.4) is 0 Å². The summed E-state index contributed by atoms with van der Waals surface area (Å²) < 4.78 is 5.88. The minimum Gasteiger partial charge on any atom is -0.491 e. The Balaban J connectivity index is 2.04. The molecule has 0 aromatic heterocycles. The lowest BCUT2D eigenvalue weighted by atomic mass is 9.98. The molecule has 1 saturated heterocycles. The van der Waals surface area contributed by atoms with Crippen LogP contribution in [-0.4, -0.2) is 24.1 Å². The van der Waals surface area contributed by atoms with Gasteiger partial charge in [0.1, 0.15) is 5.75 Å². The van der Waals surface area contributed by atoms with Gasteiger partial charge in [-0.3, -0.25) is 4.90 Å². The molecule has 1 aliphatic rings. The van der Waals surface area contributed by atoms with Gasteiger partial charge in [-0.2, -0.15) is 0 Å². The Morgan fingerprint density at radius 2 is 2.00 bits per heavy atom. The molecule has 0 radical (unpaired) electrons. The van der Waals surface area contributed by atoms with Gasteiger partial charge in [0.2, 0.25) is 0 Å². The second kappa shape index (κ2) is 7.09. The van der Waals surface area contributed by atoms with Crippen LogP contribution in [0, 0.1) is 5.92 Å². The van der Waals surface area contributed by atoms with Gasteiger partial charge in [-0.25, -0.2) is 0 Å². The number of rotatable bonds is 5. The molecule has 20 heavy (non-hydrogen) atoms. The van der Waals surface area contributed by atoms with E-state index >= 15 is 0 Å². The second-order valence-corrected chi connectivity index (χ2v) is 6.27. The van der Waals surface area contributed by atoms with Gasteiger partial charge in [-0.1, -0.05) is 19.1 Å². The van der Waals surface area contributed by atoms with E-state index in [1.165, 1.54) is 31.5 Å². The zero-order chi connectivity index (χ0) is 14.5. The highest BCUT2D eigenvalue weighted by Crippen LogP contribution is 2.24. The average molecular weight is 276 g/mol. The molecule has 0 aliphatic carbocycles. The first-order valence-corrected chi connectivity index (χ1v) is 7.79. The Labute approximate surface area is 123 Å². The molecule has 1 aliphatic heterocycles. The fourth-order valence-corrected chi connectivity index (χ4v) is 2.71. The fraction of sp³-hybridized carbons (Fsp3) is 0.647. The molecule has 1 aromatic carbocycles. The number of nitrogens with two attached hydrogens (primary N) is 1. The van der Waals surface area contributed by atoms with Crippen LogP contribution >= 0.6 is 0 Å². The number of benzene rings is 1. The number of hydrogen-bond donors (Lipinski definition) is 1. The molecule has 0 spiro atoms. The molecule has 0 saturated carbocycles. The Kier molecular flexibility index (Phi) is 5.44. The molecule has 1 heterocycles. The van der Waals surface area contributed by atoms with Crippen molar-refractivity contribution in [3.63, 3.8) is 0 Å². The smallest absolute Gasteiger partial charge is 0.124 e. The van der Waals surface area contributed by atoms with Crippen molar-refractivity contribution >= 4 is 0 Å². The van der Waals surface area contributed by atoms with Crippen molar-refractivity contribution in [2.75, 3.05) is 13.1 Å². The zero-order valence-electron chi connectivity index (χ0n) is 13.1. The number of nitrogens with zero attached hydrogens (tertiary/aromatic N) is 1. The summed E-state index contributed by atoms with van der Waals surface area (Å²) in [6.07, 6.45) is 2.82. The maximum absolute atomic E-state index is 5.88. The fourth-order valence-electron chi connectivity index (χ4n) is 2.71. The van der Waals surface area contributed by atoms with Crippen LogP contribution in [0.15, 0.2) is 18.2 Å². The van der Waals surface area contributed by atoms with Crippen molar-refractivity contribution in [2.24, 2.45) is 11.7 Å². The van der Waals surface area contributed by atoms with E-state index in [0.29, 0.717) is 6.54 Å². The summed E-state index contributed by atoms with van der Waals surface area (Å²) >= 11 is 0. The predicted molar refractivity (Wildman–Crippen MR) is 83.8 cm³/mol. The van der Waals surface area contributed by atoms with Gasteiger partial charge in [0.25, 0.3) is 0 Å². The van der Waals surface area contributed by atoms with E-state index in [9.17, 15) is 0 Å². The normalized spacial score (nSPS) is 17.6. The third-order valence-corrected chi connectivity index (χ3v) is 4.00. The monoisotopic (exact) mass is 276 g/mol. The summed E-state index contributed by atoms with van der Waals surface area (Å²) in [6, 6.07) is 6.47. The highest BCUT2D eigenvalue weighted by Gasteiger charge is 2.16. The van der Waals surface area contributed by atoms with Gasteiger partial charge >= 0.3 is 0 Å². The van der Waals surface area contributed by atoms with Crippen LogP contribution in [0.5, 0.6) is 5.75 Å². The topological polar surface area (TPSA) is 38.5 Å². The van der Waals surface area contributed by atoms with Crippen molar-refractivity contribution < 1.29 is 4.74 Å². The lowest BCUT2D eigenvalue weighted by Crippen LogP contribution is -2.32. The molecule has 0 unspecified atom stereocenters. The standard InChI is InChI=1S/C17H28N2O/c1-13(2)20-17-10-15(4-5-16(17)11-18)12-19-8-6-14(3)7-9-19/h4-5,10,13-14H,6-9,11-12,18H2,1-3H3. The first-order valence-electron chi connectivity index (χ1n) is 7.79. The highest BCUT2D eigenvalue weighted by atomic mass is 16.5. The highest BCUT2D eigenvalue weighted by molar-refractivity contribution is 5.37. The Bertz CT molecular complexity index is 423. The molecule has 0 bridgehead atoms. The van der Waals surface area contributed by atoms with Crippen LogP contribution < -0.4 is 10.5 Å². The third kappa shape index (κ3) is 4.22. The van der Waals surface area contributed by atoms with Gasteiger partial charge in [0.15, 0.2) is 0 Å². The van der Waals surface area contributed by atoms with Crippen LogP contribution in [0.25, 0.3) is 0 Å². The number of piperidine rings is 1. The summed E-state index contributed by atoms with van der Waals surface area (Å²) in [7, 11) is 0. The predicted octanol–water partition coefficient (Wildman–Crippen LogP) is 3.16. The maximum atomic E-state index is 5.88. The van der Waals surface area contributed by atoms with Crippen molar-refractivity contribution in [1.82, 2.24) is 4.90 Å². The van der Waals surface area contributed by atoms with Gasteiger partial charge in [-0.15, -0.1) is 0 Å². The molecule has 1 aromatic rings. The van der Waals surface area contributed by atoms with Crippen LogP contribution in [-0.2, 0) is 13.1 Å². The molecule has 0 atom stereocenters. The molecular formula is C17H28N2O. The number of likely N-dealkylation sites (tertiary alicyclic amines) is 1. The lowest BCUT2D eigenvalue weighted by molar-refractivity contribution is 0.184. The van der Waals surface area contributed by atoms with Crippen molar-refractivity contribution in [3.8, 4) is 5.75 Å². The van der Waals surface area contributed by atoms with Crippen molar-refractivity contribution in [3.05, 3.63) is 29.3 Å². The van der Waals surface area contributed by atoms with Gasteiger partial charge < -0.3 is 10.5 Å². The Hall–Kier alpha value is -1.06. The third-order valence-electron chi connectivity index (χ3n) is 4.00. The first kappa shape index (κ1) is 15.3. The van der Waals surface area contributed by atoms with Crippen molar-refractivity contribution in [2.45, 2.75) is 52.8 Å². The second-order valence-electron chi connectivity index (χ2n) is 6.27. The maximum Gasteiger partial charge on any atom is 0.124 e. The van der Waals surface area contributed by atoms with Gasteiger partial charge in [-0.05, 0) is 57.3 Å². The lowest BCUT2D eigenvalue weighted by Gasteiger charge is -2.30. The van der Waals surface area contributed by atoms with E-state index in [1.54, 1.807) is 0 Å². The Morgan fingerprint density at radius 1 is 1.30 bits per heavy atom. The SMILES string of the molecule is CC1CCN(Cc2ccc(CN)c(OC(C)C)c2)CC1. The largest absolute Gasteiger partial charge is 0.491 e. The minimum atomic E-state index is 0.186. The van der Waals surface area contributed by atoms with Crippen LogP contribution in [0.1, 0.15) is 44.7 Å². The van der Waals surface area contributed by atoms with E-state index in [-0.39, 0.29) is 6.10 Å². The van der Waals surface area contributed by atoms with Crippen LogP contribution in [0.2, 0.25) is 0 Å². The number of hydrogen-bond acceptors (Lipinski definition) is 3. The minimum absolute atomic E-state index is 0.186. The summed E-state index contributed by atoms with van der Waals surface area (Å²) in [4.78, 5) is 2.54. The van der Waals surface area contributed by atoms with Crippen LogP contribution in [0.4, 0.5) is 0 Å². The molecule has 2 N–H and O–H groups in total. The first-order chi connectivity index (χ1) is 9.58. The van der Waals surface area contributed by atoms with Crippen molar-refractivity contribution in [1.29, 1.82) is 0 Å². The van der Waals surface area contributed by atoms with Gasteiger partial charge in [0.05, 0.1) is 6.10 Å². The van der Waals surface area contributed by atoms with E-state index in [2.05, 4.69) is 43.9 Å². The molecule has 112 valence electrons. The van der Waals surface area contributed by atoms with E-state index < -0.39 is 0 Å². The average Bonchev–Trinajstić information content (AvgIpc) is 2.41. The number of ether oxygens (including phenoxy) is 1. The zero-order valence-corrected chi connectivity index (χ0v) is 13.1. The van der Waals surface area contributed by atoms with E-state index in [4.69, 9.17) is 10.5 Å². The van der Waals surface area contributed by atoms with E-state index in [1.807, 2.05) is 0 Å². The summed E-state index contributed by atoms with van der Waals surface area (Å²) in [6.45, 7) is 10.4. The molecule has 2 rings (SSSR count). The molecule has 1 fully saturated rings. The summed E-state index contributed by atoms with van der Waals surface area (Å²) in [5.41, 5.74) is 8.20. The Morgan fingerprint density at radius 3 is 2.60 bits per heavy atom.